The lowest BCUT2D eigenvalue weighted by Gasteiger charge is -2.15. The van der Waals surface area contributed by atoms with E-state index in [1.165, 1.54) is 11.9 Å². The maximum absolute atomic E-state index is 5.47. The van der Waals surface area contributed by atoms with Gasteiger partial charge in [0.05, 0.1) is 30.3 Å². The molecule has 0 saturated heterocycles. The van der Waals surface area contributed by atoms with Crippen molar-refractivity contribution in [1.29, 1.82) is 0 Å². The number of hydrogen-bond acceptors (Lipinski definition) is 6. The van der Waals surface area contributed by atoms with Gasteiger partial charge in [-0.1, -0.05) is 24.3 Å². The lowest BCUT2D eigenvalue weighted by Crippen LogP contribution is -2.27. The first kappa shape index (κ1) is 19.4. The average molecular weight is 378 g/mol. The zero-order valence-electron chi connectivity index (χ0n) is 16.2. The summed E-state index contributed by atoms with van der Waals surface area (Å²) < 4.78 is 3.71. The molecular formula is C20H26N8. The van der Waals surface area contributed by atoms with Crippen LogP contribution in [0.2, 0.25) is 0 Å². The summed E-state index contributed by atoms with van der Waals surface area (Å²) in [6.07, 6.45) is 13.0. The predicted molar refractivity (Wildman–Crippen MR) is 113 cm³/mol. The summed E-state index contributed by atoms with van der Waals surface area (Å²) in [5.41, 5.74) is 11.8. The monoisotopic (exact) mass is 378 g/mol. The first-order valence-electron chi connectivity index (χ1n) is 9.05. The van der Waals surface area contributed by atoms with Crippen molar-refractivity contribution in [2.75, 3.05) is 18.6 Å². The molecule has 0 spiro atoms. The number of aromatic nitrogens is 4. The number of benzene rings is 1. The number of nitrogens with zero attached hydrogens (tertiary/aromatic N) is 5. The van der Waals surface area contributed by atoms with Gasteiger partial charge in [0.15, 0.2) is 0 Å². The van der Waals surface area contributed by atoms with Crippen molar-refractivity contribution >= 4 is 11.9 Å². The molecule has 3 aromatic rings. The summed E-state index contributed by atoms with van der Waals surface area (Å²) >= 11 is 0. The van der Waals surface area contributed by atoms with E-state index in [-0.39, 0.29) is 0 Å². The molecule has 8 nitrogen and oxygen atoms in total. The number of nitrogens with one attached hydrogen (secondary N) is 2. The summed E-state index contributed by atoms with van der Waals surface area (Å²) in [7, 11) is 3.77. The fraction of sp³-hybridized carbons (Fsp3) is 0.200. The molecule has 146 valence electrons. The van der Waals surface area contributed by atoms with Crippen molar-refractivity contribution in [3.63, 3.8) is 0 Å². The van der Waals surface area contributed by atoms with E-state index in [1.54, 1.807) is 17.1 Å². The lowest BCUT2D eigenvalue weighted by molar-refractivity contribution is 0.752. The normalized spacial score (nSPS) is 13.1. The second-order valence-electron chi connectivity index (χ2n) is 6.16. The van der Waals surface area contributed by atoms with Gasteiger partial charge in [0.1, 0.15) is 5.82 Å². The second-order valence-corrected chi connectivity index (χ2v) is 6.16. The standard InChI is InChI=1S/C11H16N6.C9H10N2/c1-13-7-11-14-6-10(17(11)4-3-12)9-5-15-16(2)8-9;1-2-5-9(6-3-1)11-8-4-7-10-11/h3-6,8,13H,7,12H2,1-2H3;1-6,8,10H,7H2/b4-3-;. The molecule has 0 bridgehead atoms. The van der Waals surface area contributed by atoms with E-state index >= 15 is 0 Å². The van der Waals surface area contributed by atoms with E-state index in [4.69, 9.17) is 5.73 Å². The minimum atomic E-state index is 0.685. The highest BCUT2D eigenvalue weighted by atomic mass is 15.5. The second kappa shape index (κ2) is 9.54. The van der Waals surface area contributed by atoms with Crippen molar-refractivity contribution in [1.82, 2.24) is 30.1 Å². The number of nitrogens with two attached hydrogens (primary N) is 1. The Morgan fingerprint density at radius 2 is 2.07 bits per heavy atom. The zero-order chi connectivity index (χ0) is 19.8. The zero-order valence-corrected chi connectivity index (χ0v) is 16.2. The van der Waals surface area contributed by atoms with Gasteiger partial charge in [-0.2, -0.15) is 5.10 Å². The Morgan fingerprint density at radius 1 is 1.25 bits per heavy atom. The average Bonchev–Trinajstić information content (AvgIpc) is 3.46. The van der Waals surface area contributed by atoms with Crippen LogP contribution in [0.25, 0.3) is 17.5 Å². The van der Waals surface area contributed by atoms with E-state index in [1.807, 2.05) is 60.5 Å². The molecular weight excluding hydrogens is 352 g/mol. The van der Waals surface area contributed by atoms with Gasteiger partial charge in [-0.05, 0) is 19.2 Å². The van der Waals surface area contributed by atoms with Gasteiger partial charge < -0.3 is 15.6 Å². The number of hydrogen-bond donors (Lipinski definition) is 3. The Labute approximate surface area is 165 Å². The lowest BCUT2D eigenvalue weighted by atomic mass is 10.3. The van der Waals surface area contributed by atoms with Crippen molar-refractivity contribution < 1.29 is 0 Å². The van der Waals surface area contributed by atoms with E-state index in [2.05, 4.69) is 39.0 Å². The Balaban J connectivity index is 0.000000176. The molecule has 1 aromatic carbocycles. The van der Waals surface area contributed by atoms with Crippen LogP contribution in [0.3, 0.4) is 0 Å². The molecule has 0 aliphatic carbocycles. The van der Waals surface area contributed by atoms with Crippen molar-refractivity contribution in [3.05, 3.63) is 73.2 Å². The third kappa shape index (κ3) is 4.67. The van der Waals surface area contributed by atoms with Crippen molar-refractivity contribution in [2.24, 2.45) is 12.8 Å². The molecule has 1 aliphatic heterocycles. The largest absolute Gasteiger partial charge is 0.403 e. The SMILES string of the molecule is C1=CN(c2ccccc2)NC1.CNCc1ncc(-c2cnn(C)c2)n1/C=C\N. The van der Waals surface area contributed by atoms with E-state index in [9.17, 15) is 0 Å². The fourth-order valence-electron chi connectivity index (χ4n) is 2.84. The van der Waals surface area contributed by atoms with Crippen LogP contribution in [0.5, 0.6) is 0 Å². The van der Waals surface area contributed by atoms with Gasteiger partial charge in [-0.25, -0.2) is 10.4 Å². The number of para-hydroxylation sites is 1. The Morgan fingerprint density at radius 3 is 2.68 bits per heavy atom. The van der Waals surface area contributed by atoms with E-state index in [0.29, 0.717) is 6.54 Å². The Kier molecular flexibility index (Phi) is 6.61. The van der Waals surface area contributed by atoms with Crippen LogP contribution in [0.1, 0.15) is 5.82 Å². The Bertz CT molecular complexity index is 923. The smallest absolute Gasteiger partial charge is 0.127 e. The van der Waals surface area contributed by atoms with Gasteiger partial charge in [0, 0.05) is 44.0 Å². The van der Waals surface area contributed by atoms with E-state index < -0.39 is 0 Å². The molecule has 0 atom stereocenters. The quantitative estimate of drug-likeness (QED) is 0.629. The number of rotatable bonds is 5. The highest BCUT2D eigenvalue weighted by Gasteiger charge is 2.10. The topological polar surface area (TPSA) is 89.0 Å². The van der Waals surface area contributed by atoms with Crippen LogP contribution in [0.15, 0.2) is 67.4 Å². The summed E-state index contributed by atoms with van der Waals surface area (Å²) in [6, 6.07) is 10.2. The summed E-state index contributed by atoms with van der Waals surface area (Å²) in [6.45, 7) is 1.61. The molecule has 8 heteroatoms. The fourth-order valence-corrected chi connectivity index (χ4v) is 2.84. The molecule has 0 saturated carbocycles. The number of hydrazine groups is 1. The molecule has 4 N–H and O–H groups in total. The van der Waals surface area contributed by atoms with Crippen LogP contribution in [0, 0.1) is 0 Å². The molecule has 28 heavy (non-hydrogen) atoms. The predicted octanol–water partition coefficient (Wildman–Crippen LogP) is 1.91. The van der Waals surface area contributed by atoms with Gasteiger partial charge in [-0.15, -0.1) is 0 Å². The third-order valence-electron chi connectivity index (χ3n) is 4.11. The number of imidazole rings is 1. The van der Waals surface area contributed by atoms with Crippen LogP contribution in [-0.2, 0) is 13.6 Å². The molecule has 1 aliphatic rings. The first-order valence-corrected chi connectivity index (χ1v) is 9.05. The van der Waals surface area contributed by atoms with Crippen LogP contribution in [-0.4, -0.2) is 32.9 Å². The van der Waals surface area contributed by atoms with Gasteiger partial charge in [0.25, 0.3) is 0 Å². The van der Waals surface area contributed by atoms with Crippen molar-refractivity contribution in [2.45, 2.75) is 6.54 Å². The minimum absolute atomic E-state index is 0.685. The highest BCUT2D eigenvalue weighted by molar-refractivity contribution is 5.60. The Hall–Kier alpha value is -3.36. The van der Waals surface area contributed by atoms with Gasteiger partial charge in [-0.3, -0.25) is 9.69 Å². The molecule has 4 rings (SSSR count). The van der Waals surface area contributed by atoms with Crippen LogP contribution < -0.4 is 21.5 Å². The van der Waals surface area contributed by atoms with Gasteiger partial charge in [0.2, 0.25) is 0 Å². The van der Waals surface area contributed by atoms with E-state index in [0.717, 1.165) is 23.6 Å². The molecule has 0 radical (unpaired) electrons. The molecule has 0 amide bonds. The van der Waals surface area contributed by atoms with Crippen molar-refractivity contribution in [3.8, 4) is 11.3 Å². The summed E-state index contributed by atoms with van der Waals surface area (Å²) in [5, 5.41) is 9.24. The minimum Gasteiger partial charge on any atom is -0.403 e. The highest BCUT2D eigenvalue weighted by Crippen LogP contribution is 2.20. The number of anilines is 1. The first-order chi connectivity index (χ1) is 13.7. The van der Waals surface area contributed by atoms with Crippen LogP contribution in [0.4, 0.5) is 5.69 Å². The van der Waals surface area contributed by atoms with Gasteiger partial charge >= 0.3 is 0 Å². The number of aryl methyl sites for hydroxylation is 1. The maximum Gasteiger partial charge on any atom is 0.127 e. The summed E-state index contributed by atoms with van der Waals surface area (Å²) in [4.78, 5) is 4.37. The summed E-state index contributed by atoms with van der Waals surface area (Å²) in [5.74, 6) is 0.910. The third-order valence-corrected chi connectivity index (χ3v) is 4.11. The van der Waals surface area contributed by atoms with Crippen LogP contribution >= 0.6 is 0 Å². The maximum atomic E-state index is 5.47. The molecule has 2 aromatic heterocycles. The molecule has 0 unspecified atom stereocenters. The molecule has 0 fully saturated rings. The molecule has 3 heterocycles.